The molecule has 38 heavy (non-hydrogen) atoms. The highest BCUT2D eigenvalue weighted by Crippen LogP contribution is 2.18. The van der Waals surface area contributed by atoms with Crippen molar-refractivity contribution in [3.63, 3.8) is 0 Å². The molecule has 0 rings (SSSR count). The van der Waals surface area contributed by atoms with Crippen LogP contribution in [0.2, 0.25) is 0 Å². The molecule has 222 valence electrons. The number of nitrogens with zero attached hydrogens (tertiary/aromatic N) is 1. The number of hydrogen-bond donors (Lipinski definition) is 4. The van der Waals surface area contributed by atoms with Gasteiger partial charge in [-0.15, -0.1) is 0 Å². The molecule has 0 aliphatic rings. The number of hydrogen-bond acceptors (Lipinski definition) is 6. The molecule has 0 aromatic rings. The van der Waals surface area contributed by atoms with E-state index >= 15 is 0 Å². The lowest BCUT2D eigenvalue weighted by molar-refractivity contribution is -0.155. The summed E-state index contributed by atoms with van der Waals surface area (Å²) in [5, 5.41) is 25.0. The van der Waals surface area contributed by atoms with Crippen molar-refractivity contribution in [3.05, 3.63) is 0 Å². The number of amides is 1. The van der Waals surface area contributed by atoms with Crippen molar-refractivity contribution in [2.24, 2.45) is 0 Å². The maximum absolute atomic E-state index is 12.8. The first kappa shape index (κ1) is 35.8. The van der Waals surface area contributed by atoms with E-state index in [1.807, 2.05) is 0 Å². The maximum atomic E-state index is 12.8. The Bertz CT molecular complexity index is 815. The lowest BCUT2D eigenvalue weighted by Gasteiger charge is -2.30. The van der Waals surface area contributed by atoms with E-state index in [-0.39, 0.29) is 13.0 Å². The Kier molecular flexibility index (Phi) is 19.5. The molecule has 0 fully saturated rings. The third kappa shape index (κ3) is 17.3. The first-order valence-corrected chi connectivity index (χ1v) is 15.3. The first-order chi connectivity index (χ1) is 17.9. The largest absolute Gasteiger partial charge is 0.481 e. The zero-order chi connectivity index (χ0) is 29.0. The summed E-state index contributed by atoms with van der Waals surface area (Å²) in [5.41, 5.74) is 0. The standard InChI is InChI=1S/C26H47NO10S/c1-2-3-4-5-6-7-8-9-10-11-12-13-14-15-16-17-18-27(21(26(33)34)19-23(28)29)25(32)22(20-24(30)31)38(35,36)37/h21-22H,2-20H2,1H3,(H,28,29)(H,30,31)(H,33,34)(H,35,36,37). The van der Waals surface area contributed by atoms with Crippen LogP contribution in [0.4, 0.5) is 0 Å². The van der Waals surface area contributed by atoms with Crippen LogP contribution in [-0.4, -0.2) is 74.8 Å². The van der Waals surface area contributed by atoms with Crippen LogP contribution in [0.5, 0.6) is 0 Å². The molecule has 2 unspecified atom stereocenters. The number of carboxylic acid groups (broad SMARTS) is 3. The van der Waals surface area contributed by atoms with E-state index in [0.717, 1.165) is 25.7 Å². The molecule has 2 atom stereocenters. The van der Waals surface area contributed by atoms with E-state index in [9.17, 15) is 37.3 Å². The molecule has 0 saturated heterocycles. The average Bonchev–Trinajstić information content (AvgIpc) is 2.82. The van der Waals surface area contributed by atoms with Gasteiger partial charge in [-0.2, -0.15) is 8.42 Å². The number of unbranched alkanes of at least 4 members (excludes halogenated alkanes) is 15. The summed E-state index contributed by atoms with van der Waals surface area (Å²) in [6.45, 7) is 1.95. The average molecular weight is 566 g/mol. The van der Waals surface area contributed by atoms with Crippen LogP contribution in [0.15, 0.2) is 0 Å². The molecular weight excluding hydrogens is 518 g/mol. The molecule has 0 aliphatic heterocycles. The normalized spacial score (nSPS) is 13.1. The summed E-state index contributed by atoms with van der Waals surface area (Å²) >= 11 is 0. The van der Waals surface area contributed by atoms with E-state index < -0.39 is 58.1 Å². The van der Waals surface area contributed by atoms with Gasteiger partial charge in [0, 0.05) is 6.54 Å². The van der Waals surface area contributed by atoms with Crippen LogP contribution in [0.25, 0.3) is 0 Å². The van der Waals surface area contributed by atoms with Gasteiger partial charge >= 0.3 is 17.9 Å². The highest BCUT2D eigenvalue weighted by Gasteiger charge is 2.41. The van der Waals surface area contributed by atoms with Gasteiger partial charge in [-0.3, -0.25) is 18.9 Å². The molecule has 0 saturated carbocycles. The highest BCUT2D eigenvalue weighted by atomic mass is 32.2. The molecule has 0 radical (unpaired) electrons. The highest BCUT2D eigenvalue weighted by molar-refractivity contribution is 7.87. The Morgan fingerprint density at radius 3 is 1.32 bits per heavy atom. The minimum absolute atomic E-state index is 0.271. The Morgan fingerprint density at radius 2 is 1.00 bits per heavy atom. The topological polar surface area (TPSA) is 187 Å². The number of carbonyl (C=O) groups excluding carboxylic acids is 1. The number of carbonyl (C=O) groups is 4. The van der Waals surface area contributed by atoms with E-state index in [1.54, 1.807) is 0 Å². The zero-order valence-electron chi connectivity index (χ0n) is 22.7. The smallest absolute Gasteiger partial charge is 0.327 e. The molecule has 4 N–H and O–H groups in total. The van der Waals surface area contributed by atoms with Gasteiger partial charge in [-0.05, 0) is 6.42 Å². The lowest BCUT2D eigenvalue weighted by atomic mass is 10.0. The van der Waals surface area contributed by atoms with E-state index in [2.05, 4.69) is 6.92 Å². The van der Waals surface area contributed by atoms with Crippen molar-refractivity contribution in [3.8, 4) is 0 Å². The van der Waals surface area contributed by atoms with Crippen molar-refractivity contribution in [2.75, 3.05) is 6.54 Å². The molecule has 1 amide bonds. The van der Waals surface area contributed by atoms with Crippen molar-refractivity contribution < 1.29 is 47.5 Å². The minimum atomic E-state index is -5.17. The van der Waals surface area contributed by atoms with Gasteiger partial charge in [0.15, 0.2) is 5.25 Å². The Hall–Kier alpha value is -2.21. The first-order valence-electron chi connectivity index (χ1n) is 13.8. The Balaban J connectivity index is 4.56. The third-order valence-corrected chi connectivity index (χ3v) is 7.65. The van der Waals surface area contributed by atoms with Gasteiger partial charge in [0.25, 0.3) is 10.1 Å². The fourth-order valence-electron chi connectivity index (χ4n) is 4.41. The van der Waals surface area contributed by atoms with Gasteiger partial charge in [0.1, 0.15) is 6.04 Å². The van der Waals surface area contributed by atoms with Crippen molar-refractivity contribution in [2.45, 2.75) is 134 Å². The van der Waals surface area contributed by atoms with Crippen LogP contribution >= 0.6 is 0 Å². The summed E-state index contributed by atoms with van der Waals surface area (Å²) in [6, 6.07) is -1.89. The van der Waals surface area contributed by atoms with E-state index in [0.29, 0.717) is 11.3 Å². The molecule has 0 heterocycles. The van der Waals surface area contributed by atoms with Crippen molar-refractivity contribution in [1.82, 2.24) is 4.90 Å². The Labute approximate surface area is 226 Å². The predicted molar refractivity (Wildman–Crippen MR) is 143 cm³/mol. The summed E-state index contributed by atoms with van der Waals surface area (Å²) in [5.74, 6) is -6.32. The van der Waals surface area contributed by atoms with Gasteiger partial charge in [-0.25, -0.2) is 4.79 Å². The Morgan fingerprint density at radius 1 is 0.632 bits per heavy atom. The molecule has 11 nitrogen and oxygen atoms in total. The summed E-state index contributed by atoms with van der Waals surface area (Å²) in [7, 11) is -5.17. The quantitative estimate of drug-likeness (QED) is 0.0889. The van der Waals surface area contributed by atoms with E-state index in [4.69, 9.17) is 10.2 Å². The van der Waals surface area contributed by atoms with Crippen molar-refractivity contribution >= 4 is 33.9 Å². The summed E-state index contributed by atoms with van der Waals surface area (Å²) in [6.07, 6.45) is 15.3. The second-order valence-corrected chi connectivity index (χ2v) is 11.5. The predicted octanol–water partition coefficient (Wildman–Crippen LogP) is 4.74. The lowest BCUT2D eigenvalue weighted by Crippen LogP contribution is -2.52. The van der Waals surface area contributed by atoms with Crippen LogP contribution in [-0.2, 0) is 29.3 Å². The molecule has 0 aromatic heterocycles. The zero-order valence-corrected chi connectivity index (χ0v) is 23.5. The molecule has 0 bridgehead atoms. The molecule has 0 aromatic carbocycles. The van der Waals surface area contributed by atoms with Gasteiger partial charge < -0.3 is 20.2 Å². The van der Waals surface area contributed by atoms with E-state index in [1.165, 1.54) is 64.2 Å². The molecular formula is C26H47NO10S. The molecule has 0 spiro atoms. The molecule has 12 heteroatoms. The van der Waals surface area contributed by atoms with Crippen molar-refractivity contribution in [1.29, 1.82) is 0 Å². The number of rotatable bonds is 25. The van der Waals surface area contributed by atoms with Gasteiger partial charge in [-0.1, -0.05) is 103 Å². The number of aliphatic carboxylic acids is 3. The second-order valence-electron chi connectivity index (χ2n) is 9.89. The summed E-state index contributed by atoms with van der Waals surface area (Å²) in [4.78, 5) is 47.2. The SMILES string of the molecule is CCCCCCCCCCCCCCCCCCN(C(=O)C(CC(=O)O)S(=O)(=O)O)C(CC(=O)O)C(=O)O. The van der Waals surface area contributed by atoms with Crippen LogP contribution in [0.3, 0.4) is 0 Å². The third-order valence-electron chi connectivity index (χ3n) is 6.56. The van der Waals surface area contributed by atoms with Crippen LogP contribution in [0.1, 0.15) is 122 Å². The van der Waals surface area contributed by atoms with Crippen LogP contribution < -0.4 is 0 Å². The fraction of sp³-hybridized carbons (Fsp3) is 0.846. The minimum Gasteiger partial charge on any atom is -0.481 e. The number of carboxylic acids is 3. The van der Waals surface area contributed by atoms with Gasteiger partial charge in [0.05, 0.1) is 12.8 Å². The summed E-state index contributed by atoms with van der Waals surface area (Å²) < 4.78 is 32.6. The fourth-order valence-corrected chi connectivity index (χ4v) is 5.15. The van der Waals surface area contributed by atoms with Crippen LogP contribution in [0, 0.1) is 0 Å². The molecule has 0 aliphatic carbocycles. The van der Waals surface area contributed by atoms with Gasteiger partial charge in [0.2, 0.25) is 5.91 Å². The second kappa shape index (κ2) is 20.7. The monoisotopic (exact) mass is 565 g/mol. The maximum Gasteiger partial charge on any atom is 0.327 e.